The summed E-state index contributed by atoms with van der Waals surface area (Å²) < 4.78 is 26.8. The van der Waals surface area contributed by atoms with Crippen molar-refractivity contribution in [2.75, 3.05) is 31.8 Å². The average molecular weight is 225 g/mol. The highest BCUT2D eigenvalue weighted by atomic mass is 32.2. The highest BCUT2D eigenvalue weighted by molar-refractivity contribution is 7.91. The molecule has 0 radical (unpaired) electrons. The molecule has 0 aromatic carbocycles. The van der Waals surface area contributed by atoms with E-state index in [0.29, 0.717) is 13.2 Å². The summed E-state index contributed by atoms with van der Waals surface area (Å²) in [4.78, 5) is 4.92. The van der Waals surface area contributed by atoms with Gasteiger partial charge in [0.25, 0.3) is 0 Å². The molecule has 7 heteroatoms. The van der Waals surface area contributed by atoms with E-state index >= 15 is 0 Å². The number of sulfone groups is 1. The Morgan fingerprint density at radius 1 is 1.43 bits per heavy atom. The number of aliphatic hydroxyl groups excluding tert-OH is 1. The third-order valence-corrected chi connectivity index (χ3v) is 3.66. The monoisotopic (exact) mass is 225 g/mol. The summed E-state index contributed by atoms with van der Waals surface area (Å²) >= 11 is 0. The first-order valence-corrected chi connectivity index (χ1v) is 6.12. The number of methoxy groups -OCH3 is 1. The van der Waals surface area contributed by atoms with Crippen LogP contribution in [0.3, 0.4) is 0 Å². The normalized spacial score (nSPS) is 30.7. The van der Waals surface area contributed by atoms with Crippen LogP contribution in [0.5, 0.6) is 0 Å². The van der Waals surface area contributed by atoms with Crippen LogP contribution < -0.4 is 5.48 Å². The largest absolute Gasteiger partial charge is 0.390 e. The molecule has 0 amide bonds. The van der Waals surface area contributed by atoms with Crippen molar-refractivity contribution in [2.24, 2.45) is 0 Å². The van der Waals surface area contributed by atoms with Gasteiger partial charge in [-0.05, 0) is 0 Å². The number of aliphatic hydroxyl groups is 1. The van der Waals surface area contributed by atoms with E-state index in [1.54, 1.807) is 0 Å². The van der Waals surface area contributed by atoms with Crippen LogP contribution in [0, 0.1) is 0 Å². The second-order valence-electron chi connectivity index (χ2n) is 3.21. The van der Waals surface area contributed by atoms with Gasteiger partial charge in [0.2, 0.25) is 0 Å². The molecule has 2 unspecified atom stereocenters. The first-order valence-electron chi connectivity index (χ1n) is 4.30. The van der Waals surface area contributed by atoms with Crippen molar-refractivity contribution in [3.63, 3.8) is 0 Å². The van der Waals surface area contributed by atoms with Gasteiger partial charge in [0.15, 0.2) is 9.84 Å². The number of hydroxylamine groups is 1. The predicted octanol–water partition coefficient (Wildman–Crippen LogP) is -1.69. The summed E-state index contributed by atoms with van der Waals surface area (Å²) in [5, 5.41) is 9.33. The molecule has 1 fully saturated rings. The van der Waals surface area contributed by atoms with Crippen molar-refractivity contribution in [3.05, 3.63) is 0 Å². The SMILES string of the molecule is COCCONC1CS(=O)(=O)CC1O. The standard InChI is InChI=1S/C7H15NO5S/c1-12-2-3-13-8-6-4-14(10,11)5-7(6)9/h6-9H,2-5H2,1H3. The molecule has 1 saturated heterocycles. The molecule has 0 aromatic rings. The summed E-state index contributed by atoms with van der Waals surface area (Å²) in [6.07, 6.45) is -0.887. The van der Waals surface area contributed by atoms with Crippen LogP contribution >= 0.6 is 0 Å². The summed E-state index contributed by atoms with van der Waals surface area (Å²) in [7, 11) is -1.57. The first kappa shape index (κ1) is 11.9. The van der Waals surface area contributed by atoms with Gasteiger partial charge in [-0.15, -0.1) is 0 Å². The van der Waals surface area contributed by atoms with Crippen LogP contribution in [0.15, 0.2) is 0 Å². The maximum Gasteiger partial charge on any atom is 0.154 e. The van der Waals surface area contributed by atoms with E-state index in [0.717, 1.165) is 0 Å². The summed E-state index contributed by atoms with van der Waals surface area (Å²) in [5.74, 6) is -0.278. The fourth-order valence-corrected chi connectivity index (χ4v) is 2.96. The molecule has 1 rings (SSSR count). The van der Waals surface area contributed by atoms with E-state index < -0.39 is 22.0 Å². The zero-order chi connectivity index (χ0) is 10.6. The topological polar surface area (TPSA) is 84.9 Å². The van der Waals surface area contributed by atoms with Crippen LogP contribution in [0.2, 0.25) is 0 Å². The number of nitrogens with one attached hydrogen (secondary N) is 1. The van der Waals surface area contributed by atoms with E-state index in [9.17, 15) is 13.5 Å². The number of ether oxygens (including phenoxy) is 1. The van der Waals surface area contributed by atoms with Crippen LogP contribution in [0.1, 0.15) is 0 Å². The van der Waals surface area contributed by atoms with Crippen LogP contribution in [0.25, 0.3) is 0 Å². The fourth-order valence-electron chi connectivity index (χ4n) is 1.23. The fraction of sp³-hybridized carbons (Fsp3) is 1.00. The van der Waals surface area contributed by atoms with Gasteiger partial charge < -0.3 is 9.84 Å². The van der Waals surface area contributed by atoms with Crippen molar-refractivity contribution >= 4 is 9.84 Å². The third-order valence-electron chi connectivity index (χ3n) is 1.95. The number of hydrogen-bond donors (Lipinski definition) is 2. The quantitative estimate of drug-likeness (QED) is 0.429. The molecule has 0 aliphatic carbocycles. The van der Waals surface area contributed by atoms with Crippen LogP contribution in [-0.4, -0.2) is 57.5 Å². The minimum Gasteiger partial charge on any atom is -0.390 e. The van der Waals surface area contributed by atoms with Gasteiger partial charge >= 0.3 is 0 Å². The highest BCUT2D eigenvalue weighted by Crippen LogP contribution is 2.12. The molecule has 0 saturated carbocycles. The second-order valence-corrected chi connectivity index (χ2v) is 5.36. The third kappa shape index (κ3) is 3.50. The van der Waals surface area contributed by atoms with Gasteiger partial charge in [-0.1, -0.05) is 0 Å². The molecule has 2 atom stereocenters. The molecule has 14 heavy (non-hydrogen) atoms. The molecule has 84 valence electrons. The molecule has 0 spiro atoms. The Labute approximate surface area is 83.1 Å². The smallest absolute Gasteiger partial charge is 0.154 e. The molecule has 0 bridgehead atoms. The van der Waals surface area contributed by atoms with Gasteiger partial charge in [-0.25, -0.2) is 8.42 Å². The van der Waals surface area contributed by atoms with Gasteiger partial charge in [0, 0.05) is 7.11 Å². The van der Waals surface area contributed by atoms with E-state index in [-0.39, 0.29) is 11.5 Å². The lowest BCUT2D eigenvalue weighted by molar-refractivity contribution is -0.0281. The summed E-state index contributed by atoms with van der Waals surface area (Å²) in [6, 6.07) is -0.531. The lowest BCUT2D eigenvalue weighted by Gasteiger charge is -2.13. The number of hydrogen-bond acceptors (Lipinski definition) is 6. The van der Waals surface area contributed by atoms with Crippen LogP contribution in [0.4, 0.5) is 0 Å². The Bertz CT molecular complexity index is 265. The highest BCUT2D eigenvalue weighted by Gasteiger charge is 2.36. The van der Waals surface area contributed by atoms with Gasteiger partial charge in [0.1, 0.15) is 0 Å². The molecule has 2 N–H and O–H groups in total. The molecule has 1 aliphatic heterocycles. The van der Waals surface area contributed by atoms with E-state index in [2.05, 4.69) is 5.48 Å². The minimum absolute atomic E-state index is 0.0822. The van der Waals surface area contributed by atoms with Gasteiger partial charge in [-0.3, -0.25) is 4.84 Å². The molecule has 1 aliphatic rings. The van der Waals surface area contributed by atoms with E-state index in [1.165, 1.54) is 7.11 Å². The maximum absolute atomic E-state index is 11.1. The Morgan fingerprint density at radius 2 is 2.14 bits per heavy atom. The second kappa shape index (κ2) is 5.04. The summed E-state index contributed by atoms with van der Waals surface area (Å²) in [6.45, 7) is 0.738. The van der Waals surface area contributed by atoms with Gasteiger partial charge in [0.05, 0.1) is 36.9 Å². The van der Waals surface area contributed by atoms with Crippen molar-refractivity contribution < 1.29 is 23.1 Å². The molecule has 1 heterocycles. The Morgan fingerprint density at radius 3 is 2.64 bits per heavy atom. The lowest BCUT2D eigenvalue weighted by Crippen LogP contribution is -2.39. The maximum atomic E-state index is 11.1. The predicted molar refractivity (Wildman–Crippen MR) is 49.4 cm³/mol. The molecular weight excluding hydrogens is 210 g/mol. The van der Waals surface area contributed by atoms with E-state index in [4.69, 9.17) is 9.57 Å². The Kier molecular flexibility index (Phi) is 4.27. The average Bonchev–Trinajstić information content (AvgIpc) is 2.34. The summed E-state index contributed by atoms with van der Waals surface area (Å²) in [5.41, 5.74) is 2.51. The van der Waals surface area contributed by atoms with Crippen molar-refractivity contribution in [1.29, 1.82) is 0 Å². The lowest BCUT2D eigenvalue weighted by atomic mass is 10.2. The molecule has 6 nitrogen and oxygen atoms in total. The van der Waals surface area contributed by atoms with Crippen molar-refractivity contribution in [1.82, 2.24) is 5.48 Å². The van der Waals surface area contributed by atoms with Gasteiger partial charge in [-0.2, -0.15) is 5.48 Å². The minimum atomic E-state index is -3.11. The Hall–Kier alpha value is -0.210. The van der Waals surface area contributed by atoms with Crippen molar-refractivity contribution in [2.45, 2.75) is 12.1 Å². The number of rotatable bonds is 5. The molecule has 0 aromatic heterocycles. The Balaban J connectivity index is 2.25. The zero-order valence-electron chi connectivity index (χ0n) is 7.97. The van der Waals surface area contributed by atoms with Crippen molar-refractivity contribution in [3.8, 4) is 0 Å². The first-order chi connectivity index (χ1) is 6.55. The van der Waals surface area contributed by atoms with Crippen LogP contribution in [-0.2, 0) is 19.4 Å². The van der Waals surface area contributed by atoms with E-state index in [1.807, 2.05) is 0 Å². The zero-order valence-corrected chi connectivity index (χ0v) is 8.79. The molecular formula is C7H15NO5S.